The van der Waals surface area contributed by atoms with Gasteiger partial charge in [0.1, 0.15) is 12.2 Å². The highest BCUT2D eigenvalue weighted by Gasteiger charge is 2.33. The van der Waals surface area contributed by atoms with Crippen LogP contribution in [0.25, 0.3) is 0 Å². The minimum absolute atomic E-state index is 0.262. The van der Waals surface area contributed by atoms with Crippen LogP contribution in [0.3, 0.4) is 0 Å². The summed E-state index contributed by atoms with van der Waals surface area (Å²) in [6.45, 7) is 0. The van der Waals surface area contributed by atoms with Crippen LogP contribution in [0.4, 0.5) is 0 Å². The predicted octanol–water partition coefficient (Wildman–Crippen LogP) is 2.41. The van der Waals surface area contributed by atoms with E-state index in [0.29, 0.717) is 5.24 Å². The first-order chi connectivity index (χ1) is 5.86. The second-order valence-electron chi connectivity index (χ2n) is 3.55. The Bertz CT molecular complexity index is 163. The van der Waals surface area contributed by atoms with Crippen LogP contribution in [0.1, 0.15) is 38.5 Å². The second-order valence-corrected chi connectivity index (χ2v) is 3.89. The van der Waals surface area contributed by atoms with Gasteiger partial charge in [0.25, 0.3) is 0 Å². The van der Waals surface area contributed by atoms with E-state index in [9.17, 15) is 0 Å². The number of thiocarbonyl (C=S) groups is 1. The number of hydrogen-bond acceptors (Lipinski definition) is 3. The fraction of sp³-hybridized carbons (Fsp3) is 0.889. The molecule has 3 heteroatoms. The Balaban J connectivity index is 1.96. The van der Waals surface area contributed by atoms with Crippen LogP contribution < -0.4 is 0 Å². The Morgan fingerprint density at radius 3 is 1.92 bits per heavy atom. The zero-order chi connectivity index (χ0) is 8.39. The highest BCUT2D eigenvalue weighted by atomic mass is 32.1. The monoisotopic (exact) mass is 186 g/mol. The third kappa shape index (κ3) is 1.71. The van der Waals surface area contributed by atoms with Crippen molar-refractivity contribution in [2.45, 2.75) is 50.7 Å². The quantitative estimate of drug-likeness (QED) is 0.541. The lowest BCUT2D eigenvalue weighted by molar-refractivity contribution is 0.126. The van der Waals surface area contributed by atoms with Crippen LogP contribution in [0.5, 0.6) is 0 Å². The molecular weight excluding hydrogens is 172 g/mol. The van der Waals surface area contributed by atoms with Crippen LogP contribution in [0, 0.1) is 0 Å². The smallest absolute Gasteiger partial charge is 0.353 e. The van der Waals surface area contributed by atoms with Crippen molar-refractivity contribution in [2.75, 3.05) is 0 Å². The van der Waals surface area contributed by atoms with E-state index in [1.807, 2.05) is 0 Å². The van der Waals surface area contributed by atoms with E-state index < -0.39 is 0 Å². The molecule has 0 aromatic rings. The zero-order valence-corrected chi connectivity index (χ0v) is 7.94. The van der Waals surface area contributed by atoms with Crippen molar-refractivity contribution in [1.29, 1.82) is 0 Å². The Kier molecular flexibility index (Phi) is 2.49. The molecule has 2 unspecified atom stereocenters. The molecule has 2 rings (SSSR count). The van der Waals surface area contributed by atoms with Gasteiger partial charge in [0.15, 0.2) is 0 Å². The van der Waals surface area contributed by atoms with Gasteiger partial charge in [0, 0.05) is 12.2 Å². The van der Waals surface area contributed by atoms with Gasteiger partial charge in [0.05, 0.1) is 0 Å². The molecule has 0 amide bonds. The maximum Gasteiger partial charge on any atom is 0.353 e. The molecule has 1 saturated heterocycles. The molecule has 0 radical (unpaired) electrons. The van der Waals surface area contributed by atoms with E-state index >= 15 is 0 Å². The molecule has 2 fully saturated rings. The van der Waals surface area contributed by atoms with Crippen molar-refractivity contribution in [3.8, 4) is 0 Å². The normalized spacial score (nSPS) is 35.8. The fourth-order valence-electron chi connectivity index (χ4n) is 1.96. The molecule has 12 heavy (non-hydrogen) atoms. The van der Waals surface area contributed by atoms with Crippen molar-refractivity contribution in [1.82, 2.24) is 0 Å². The maximum atomic E-state index is 5.41. The van der Waals surface area contributed by atoms with Crippen LogP contribution in [-0.2, 0) is 9.47 Å². The van der Waals surface area contributed by atoms with Gasteiger partial charge < -0.3 is 9.47 Å². The number of ether oxygens (including phenoxy) is 2. The molecular formula is C9H14O2S. The van der Waals surface area contributed by atoms with Crippen LogP contribution in [-0.4, -0.2) is 17.4 Å². The average molecular weight is 186 g/mol. The summed E-state index contributed by atoms with van der Waals surface area (Å²) in [5.74, 6) is 0. The van der Waals surface area contributed by atoms with Crippen molar-refractivity contribution >= 4 is 17.5 Å². The van der Waals surface area contributed by atoms with Crippen LogP contribution in [0.2, 0.25) is 0 Å². The zero-order valence-electron chi connectivity index (χ0n) is 7.12. The van der Waals surface area contributed by atoms with Gasteiger partial charge in [-0.05, 0) is 25.7 Å². The molecule has 1 heterocycles. The molecule has 68 valence electrons. The lowest BCUT2D eigenvalue weighted by Gasteiger charge is -2.18. The molecule has 0 spiro atoms. The lowest BCUT2D eigenvalue weighted by atomic mass is 9.96. The van der Waals surface area contributed by atoms with Gasteiger partial charge in [-0.3, -0.25) is 0 Å². The summed E-state index contributed by atoms with van der Waals surface area (Å²) in [5, 5.41) is 0.368. The first-order valence-corrected chi connectivity index (χ1v) is 5.14. The molecule has 0 N–H and O–H groups in total. The topological polar surface area (TPSA) is 18.5 Å². The van der Waals surface area contributed by atoms with Gasteiger partial charge in [-0.15, -0.1) is 0 Å². The van der Waals surface area contributed by atoms with Crippen molar-refractivity contribution in [2.24, 2.45) is 0 Å². The molecule has 2 atom stereocenters. The summed E-state index contributed by atoms with van der Waals surface area (Å²) in [6, 6.07) is 0. The Hall–Kier alpha value is -0.310. The summed E-state index contributed by atoms with van der Waals surface area (Å²) >= 11 is 4.88. The van der Waals surface area contributed by atoms with Crippen molar-refractivity contribution in [3.05, 3.63) is 0 Å². The van der Waals surface area contributed by atoms with Gasteiger partial charge in [-0.25, -0.2) is 0 Å². The first-order valence-electron chi connectivity index (χ1n) is 4.73. The highest BCUT2D eigenvalue weighted by molar-refractivity contribution is 7.79. The Morgan fingerprint density at radius 2 is 1.42 bits per heavy atom. The molecule has 1 saturated carbocycles. The third-order valence-electron chi connectivity index (χ3n) is 2.64. The predicted molar refractivity (Wildman–Crippen MR) is 50.0 cm³/mol. The summed E-state index contributed by atoms with van der Waals surface area (Å²) in [4.78, 5) is 0. The minimum atomic E-state index is 0.262. The Labute approximate surface area is 78.2 Å². The number of rotatable bonds is 0. The SMILES string of the molecule is S=C1OC2CCCCCCC2O1. The average Bonchev–Trinajstić information content (AvgIpc) is 2.32. The molecule has 0 bridgehead atoms. The standard InChI is InChI=1S/C9H14O2S/c12-9-10-7-5-3-1-2-4-6-8(7)11-9/h7-8H,1-6H2. The molecule has 2 aliphatic rings. The molecule has 1 aliphatic heterocycles. The largest absolute Gasteiger partial charge is 0.450 e. The van der Waals surface area contributed by atoms with Gasteiger partial charge in [0.2, 0.25) is 0 Å². The van der Waals surface area contributed by atoms with Crippen LogP contribution in [0.15, 0.2) is 0 Å². The van der Waals surface area contributed by atoms with E-state index in [1.54, 1.807) is 0 Å². The number of hydrogen-bond donors (Lipinski definition) is 0. The van der Waals surface area contributed by atoms with E-state index in [-0.39, 0.29) is 12.2 Å². The van der Waals surface area contributed by atoms with E-state index in [1.165, 1.54) is 25.7 Å². The summed E-state index contributed by atoms with van der Waals surface area (Å²) in [5.41, 5.74) is 0. The molecule has 2 nitrogen and oxygen atoms in total. The van der Waals surface area contributed by atoms with Gasteiger partial charge in [-0.2, -0.15) is 0 Å². The van der Waals surface area contributed by atoms with Crippen molar-refractivity contribution < 1.29 is 9.47 Å². The fourth-order valence-corrected chi connectivity index (χ4v) is 2.21. The second kappa shape index (κ2) is 3.60. The summed E-state index contributed by atoms with van der Waals surface area (Å²) in [6.07, 6.45) is 7.93. The third-order valence-corrected chi connectivity index (χ3v) is 2.83. The molecule has 0 aromatic heterocycles. The lowest BCUT2D eigenvalue weighted by Crippen LogP contribution is -2.23. The van der Waals surface area contributed by atoms with Crippen LogP contribution >= 0.6 is 12.2 Å². The van der Waals surface area contributed by atoms with Gasteiger partial charge >= 0.3 is 5.24 Å². The highest BCUT2D eigenvalue weighted by Crippen LogP contribution is 2.27. The van der Waals surface area contributed by atoms with Gasteiger partial charge in [-0.1, -0.05) is 12.8 Å². The van der Waals surface area contributed by atoms with Crippen molar-refractivity contribution in [3.63, 3.8) is 0 Å². The van der Waals surface area contributed by atoms with E-state index in [4.69, 9.17) is 21.7 Å². The maximum absolute atomic E-state index is 5.41. The molecule has 0 aromatic carbocycles. The minimum Gasteiger partial charge on any atom is -0.450 e. The number of fused-ring (bicyclic) bond motifs is 1. The van der Waals surface area contributed by atoms with E-state index in [0.717, 1.165) is 12.8 Å². The van der Waals surface area contributed by atoms with E-state index in [2.05, 4.69) is 0 Å². The first kappa shape index (κ1) is 8.30. The molecule has 1 aliphatic carbocycles. The Morgan fingerprint density at radius 1 is 0.917 bits per heavy atom. The summed E-state index contributed by atoms with van der Waals surface area (Å²) in [7, 11) is 0. The summed E-state index contributed by atoms with van der Waals surface area (Å²) < 4.78 is 10.8.